The molecule has 0 fully saturated rings. The molecule has 0 aromatic carbocycles. The van der Waals surface area contributed by atoms with Crippen molar-refractivity contribution in [2.45, 2.75) is 20.8 Å². The molecule has 0 saturated carbocycles. The van der Waals surface area contributed by atoms with Crippen molar-refractivity contribution in [3.8, 4) is 0 Å². The summed E-state index contributed by atoms with van der Waals surface area (Å²) in [6.07, 6.45) is 0. The van der Waals surface area contributed by atoms with Crippen molar-refractivity contribution < 1.29 is 4.92 Å². The lowest BCUT2D eigenvalue weighted by molar-refractivity contribution is -0.385. The van der Waals surface area contributed by atoms with Gasteiger partial charge in [0.25, 0.3) is 0 Å². The number of nitrogens with one attached hydrogen (secondary N) is 1. The monoisotopic (exact) mass is 225 g/mol. The molecule has 0 saturated heterocycles. The summed E-state index contributed by atoms with van der Waals surface area (Å²) in [5.74, 6) is 0.578. The molecule has 0 unspecified atom stereocenters. The van der Waals surface area contributed by atoms with Crippen LogP contribution < -0.4 is 11.1 Å². The van der Waals surface area contributed by atoms with Crippen LogP contribution in [-0.4, -0.2) is 21.4 Å². The predicted octanol–water partition coefficient (Wildman–Crippen LogP) is 1.34. The van der Waals surface area contributed by atoms with Crippen LogP contribution in [0.15, 0.2) is 0 Å². The summed E-state index contributed by atoms with van der Waals surface area (Å²) in [5.41, 5.74) is 5.60. The van der Waals surface area contributed by atoms with Crippen molar-refractivity contribution in [2.24, 2.45) is 5.92 Å². The molecule has 1 rings (SSSR count). The zero-order valence-electron chi connectivity index (χ0n) is 9.52. The Kier molecular flexibility index (Phi) is 3.60. The van der Waals surface area contributed by atoms with Crippen LogP contribution in [0.5, 0.6) is 0 Å². The first-order chi connectivity index (χ1) is 7.41. The van der Waals surface area contributed by atoms with Crippen LogP contribution in [0.4, 0.5) is 17.5 Å². The summed E-state index contributed by atoms with van der Waals surface area (Å²) in [7, 11) is 0. The van der Waals surface area contributed by atoms with Crippen molar-refractivity contribution >= 4 is 17.5 Å². The van der Waals surface area contributed by atoms with Crippen molar-refractivity contribution in [3.05, 3.63) is 15.8 Å². The maximum Gasteiger partial charge on any atom is 0.332 e. The summed E-state index contributed by atoms with van der Waals surface area (Å²) in [6, 6.07) is 0. The molecular formula is C9H15N5O2. The average molecular weight is 225 g/mol. The Morgan fingerprint density at radius 2 is 2.12 bits per heavy atom. The highest BCUT2D eigenvalue weighted by Crippen LogP contribution is 2.25. The van der Waals surface area contributed by atoms with Gasteiger partial charge >= 0.3 is 5.69 Å². The molecule has 1 aromatic rings. The molecule has 0 radical (unpaired) electrons. The van der Waals surface area contributed by atoms with Gasteiger partial charge in [-0.2, -0.15) is 4.98 Å². The Labute approximate surface area is 93.2 Å². The second-order valence-corrected chi connectivity index (χ2v) is 3.90. The summed E-state index contributed by atoms with van der Waals surface area (Å²) in [4.78, 5) is 17.9. The Bertz CT molecular complexity index is 405. The molecule has 0 spiro atoms. The number of nitrogens with zero attached hydrogens (tertiary/aromatic N) is 3. The Morgan fingerprint density at radius 1 is 1.50 bits per heavy atom. The highest BCUT2D eigenvalue weighted by molar-refractivity contribution is 5.60. The molecule has 0 aliphatic rings. The van der Waals surface area contributed by atoms with E-state index in [1.807, 2.05) is 13.8 Å². The summed E-state index contributed by atoms with van der Waals surface area (Å²) in [6.45, 7) is 6.12. The smallest absolute Gasteiger partial charge is 0.332 e. The van der Waals surface area contributed by atoms with Crippen LogP contribution in [-0.2, 0) is 0 Å². The van der Waals surface area contributed by atoms with E-state index in [1.54, 1.807) is 0 Å². The van der Waals surface area contributed by atoms with Crippen molar-refractivity contribution in [2.75, 3.05) is 17.6 Å². The van der Waals surface area contributed by atoms with E-state index < -0.39 is 4.92 Å². The van der Waals surface area contributed by atoms with E-state index in [-0.39, 0.29) is 23.1 Å². The summed E-state index contributed by atoms with van der Waals surface area (Å²) in [5, 5.41) is 13.7. The third-order valence-electron chi connectivity index (χ3n) is 1.94. The number of aromatic nitrogens is 2. The van der Waals surface area contributed by atoms with Crippen molar-refractivity contribution in [3.63, 3.8) is 0 Å². The number of rotatable bonds is 4. The molecule has 0 aliphatic heterocycles. The zero-order chi connectivity index (χ0) is 12.3. The first kappa shape index (κ1) is 12.2. The van der Waals surface area contributed by atoms with E-state index in [0.717, 1.165) is 0 Å². The number of nitro groups is 1. The highest BCUT2D eigenvalue weighted by atomic mass is 16.6. The number of aryl methyl sites for hydroxylation is 1. The Hall–Kier alpha value is -1.92. The Morgan fingerprint density at radius 3 is 2.62 bits per heavy atom. The van der Waals surface area contributed by atoms with Gasteiger partial charge < -0.3 is 11.1 Å². The molecule has 1 heterocycles. The lowest BCUT2D eigenvalue weighted by Gasteiger charge is -2.09. The van der Waals surface area contributed by atoms with Crippen molar-refractivity contribution in [1.29, 1.82) is 0 Å². The molecule has 0 aliphatic carbocycles. The Balaban J connectivity index is 3.09. The van der Waals surface area contributed by atoms with Gasteiger partial charge in [-0.15, -0.1) is 0 Å². The van der Waals surface area contributed by atoms with Crippen molar-refractivity contribution in [1.82, 2.24) is 9.97 Å². The largest absolute Gasteiger partial charge is 0.368 e. The van der Waals surface area contributed by atoms with Gasteiger partial charge in [-0.1, -0.05) is 13.8 Å². The van der Waals surface area contributed by atoms with E-state index >= 15 is 0 Å². The average Bonchev–Trinajstić information content (AvgIpc) is 2.12. The summed E-state index contributed by atoms with van der Waals surface area (Å²) < 4.78 is 0. The third-order valence-corrected chi connectivity index (χ3v) is 1.94. The van der Waals surface area contributed by atoms with Gasteiger partial charge in [0.2, 0.25) is 11.8 Å². The van der Waals surface area contributed by atoms with E-state index in [4.69, 9.17) is 5.73 Å². The predicted molar refractivity (Wildman–Crippen MR) is 61.2 cm³/mol. The van der Waals surface area contributed by atoms with Crippen LogP contribution >= 0.6 is 0 Å². The van der Waals surface area contributed by atoms with Crippen LogP contribution in [0.25, 0.3) is 0 Å². The maximum atomic E-state index is 10.8. The summed E-state index contributed by atoms with van der Waals surface area (Å²) >= 11 is 0. The second-order valence-electron chi connectivity index (χ2n) is 3.90. The fraction of sp³-hybridized carbons (Fsp3) is 0.556. The fourth-order valence-electron chi connectivity index (χ4n) is 1.23. The van der Waals surface area contributed by atoms with E-state index in [0.29, 0.717) is 12.5 Å². The van der Waals surface area contributed by atoms with E-state index in [9.17, 15) is 10.1 Å². The standard InChI is InChI=1S/C9H15N5O2/c1-5(2)4-11-8-7(14(15)16)6(3)12-9(10)13-8/h5H,4H2,1-3H3,(H3,10,11,12,13). The molecular weight excluding hydrogens is 210 g/mol. The molecule has 3 N–H and O–H groups in total. The molecule has 88 valence electrons. The molecule has 16 heavy (non-hydrogen) atoms. The quantitative estimate of drug-likeness (QED) is 0.591. The lowest BCUT2D eigenvalue weighted by atomic mass is 10.2. The number of nitrogens with two attached hydrogens (primary N) is 1. The topological polar surface area (TPSA) is 107 Å². The van der Waals surface area contributed by atoms with Gasteiger partial charge in [0, 0.05) is 6.54 Å². The van der Waals surface area contributed by atoms with Crippen LogP contribution in [0.1, 0.15) is 19.5 Å². The van der Waals surface area contributed by atoms with Gasteiger partial charge in [-0.05, 0) is 12.8 Å². The molecule has 7 nitrogen and oxygen atoms in total. The number of nitrogen functional groups attached to an aromatic ring is 1. The van der Waals surface area contributed by atoms with Gasteiger partial charge in [0.05, 0.1) is 4.92 Å². The maximum absolute atomic E-state index is 10.8. The first-order valence-electron chi connectivity index (χ1n) is 4.94. The normalized spacial score (nSPS) is 10.5. The van der Waals surface area contributed by atoms with Gasteiger partial charge in [-0.25, -0.2) is 4.98 Å². The first-order valence-corrected chi connectivity index (χ1v) is 4.94. The number of hydrogen-bond acceptors (Lipinski definition) is 6. The minimum absolute atomic E-state index is 0.0364. The molecule has 0 atom stereocenters. The van der Waals surface area contributed by atoms with E-state index in [2.05, 4.69) is 15.3 Å². The fourth-order valence-corrected chi connectivity index (χ4v) is 1.23. The van der Waals surface area contributed by atoms with Crippen LogP contribution in [0.2, 0.25) is 0 Å². The zero-order valence-corrected chi connectivity index (χ0v) is 9.52. The van der Waals surface area contributed by atoms with Gasteiger partial charge in [0.1, 0.15) is 5.69 Å². The molecule has 7 heteroatoms. The van der Waals surface area contributed by atoms with Gasteiger partial charge in [0.15, 0.2) is 0 Å². The molecule has 0 amide bonds. The third kappa shape index (κ3) is 2.78. The van der Waals surface area contributed by atoms with Crippen LogP contribution in [0, 0.1) is 23.0 Å². The minimum Gasteiger partial charge on any atom is -0.368 e. The number of hydrogen-bond donors (Lipinski definition) is 2. The lowest BCUT2D eigenvalue weighted by Crippen LogP contribution is -2.13. The minimum atomic E-state index is -0.503. The number of anilines is 2. The molecule has 1 aromatic heterocycles. The highest BCUT2D eigenvalue weighted by Gasteiger charge is 2.21. The second kappa shape index (κ2) is 4.73. The van der Waals surface area contributed by atoms with E-state index in [1.165, 1.54) is 6.92 Å². The SMILES string of the molecule is Cc1nc(N)nc(NCC(C)C)c1[N+](=O)[O-]. The van der Waals surface area contributed by atoms with Crippen LogP contribution in [0.3, 0.4) is 0 Å². The van der Waals surface area contributed by atoms with Gasteiger partial charge in [-0.3, -0.25) is 10.1 Å². The molecule has 0 bridgehead atoms.